The van der Waals surface area contributed by atoms with Crippen LogP contribution in [0.5, 0.6) is 0 Å². The van der Waals surface area contributed by atoms with E-state index in [1.54, 1.807) is 17.0 Å². The molecule has 1 aliphatic rings. The molecule has 1 heterocycles. The summed E-state index contributed by atoms with van der Waals surface area (Å²) in [6, 6.07) is 10.7. The highest BCUT2D eigenvalue weighted by molar-refractivity contribution is 7.91. The Morgan fingerprint density at radius 1 is 0.706 bits per heavy atom. The summed E-state index contributed by atoms with van der Waals surface area (Å²) in [7, 11) is -3.62. The molecule has 0 aliphatic carbocycles. The molecule has 0 N–H and O–H groups in total. The first kappa shape index (κ1) is 25.7. The molecule has 34 heavy (non-hydrogen) atoms. The summed E-state index contributed by atoms with van der Waals surface area (Å²) in [4.78, 5) is 30.8. The van der Waals surface area contributed by atoms with Crippen LogP contribution in [-0.4, -0.2) is 91.2 Å². The largest absolute Gasteiger partial charge is 0.378 e. The molecule has 1 saturated heterocycles. The van der Waals surface area contributed by atoms with Crippen LogP contribution in [0.15, 0.2) is 52.3 Å². The van der Waals surface area contributed by atoms with Crippen molar-refractivity contribution in [2.24, 2.45) is 0 Å². The molecule has 0 atom stereocenters. The van der Waals surface area contributed by atoms with E-state index >= 15 is 0 Å². The van der Waals surface area contributed by atoms with Gasteiger partial charge in [0.25, 0.3) is 11.8 Å². The van der Waals surface area contributed by atoms with Gasteiger partial charge in [-0.25, -0.2) is 16.8 Å². The van der Waals surface area contributed by atoms with Gasteiger partial charge >= 0.3 is 0 Å². The van der Waals surface area contributed by atoms with Crippen LogP contribution in [0, 0.1) is 0 Å². The summed E-state index contributed by atoms with van der Waals surface area (Å²) in [6.07, 6.45) is 2.46. The number of carbonyl (C=O) groups excluding carboxylic acids is 2. The van der Waals surface area contributed by atoms with Crippen LogP contribution in [-0.2, 0) is 19.7 Å². The number of carbonyl (C=O) groups is 2. The van der Waals surface area contributed by atoms with Crippen molar-refractivity contribution in [3.8, 4) is 0 Å². The quantitative estimate of drug-likeness (QED) is 0.604. The predicted molar refractivity (Wildman–Crippen MR) is 130 cm³/mol. The van der Waals surface area contributed by atoms with E-state index in [2.05, 4.69) is 0 Å². The van der Waals surface area contributed by atoms with Gasteiger partial charge in [-0.3, -0.25) is 9.59 Å². The molecule has 2 aromatic rings. The Kier molecular flexibility index (Phi) is 7.37. The zero-order valence-electron chi connectivity index (χ0n) is 19.7. The number of rotatable bonds is 5. The van der Waals surface area contributed by atoms with Crippen molar-refractivity contribution < 1.29 is 26.4 Å². The summed E-state index contributed by atoms with van der Waals surface area (Å²) >= 11 is 0. The third kappa shape index (κ3) is 5.95. The predicted octanol–water partition coefficient (Wildman–Crippen LogP) is 1.55. The topological polar surface area (TPSA) is 112 Å². The number of amides is 2. The minimum Gasteiger partial charge on any atom is -0.378 e. The van der Waals surface area contributed by atoms with Crippen molar-refractivity contribution >= 4 is 37.2 Å². The standard InChI is InChI=1S/C23H29N3O6S2/c1-24(2)19-8-6-17(7-9-19)22(27)25-10-5-11-26(13-12-25)23(28)18-14-20(33(3,29)30)16-21(15-18)34(4,31)32/h6-9,14-16H,5,10-13H2,1-4H3. The van der Waals surface area contributed by atoms with Crippen molar-refractivity contribution in [1.82, 2.24) is 9.80 Å². The van der Waals surface area contributed by atoms with Crippen molar-refractivity contribution in [3.63, 3.8) is 0 Å². The molecular weight excluding hydrogens is 478 g/mol. The molecular formula is C23H29N3O6S2. The Balaban J connectivity index is 1.80. The Morgan fingerprint density at radius 3 is 1.56 bits per heavy atom. The molecule has 0 aromatic heterocycles. The molecule has 0 unspecified atom stereocenters. The fraction of sp³-hybridized carbons (Fsp3) is 0.391. The van der Waals surface area contributed by atoms with E-state index in [0.717, 1.165) is 24.3 Å². The molecule has 1 aliphatic heterocycles. The van der Waals surface area contributed by atoms with Crippen LogP contribution < -0.4 is 4.90 Å². The third-order valence-corrected chi connectivity index (χ3v) is 7.87. The lowest BCUT2D eigenvalue weighted by Gasteiger charge is -2.23. The van der Waals surface area contributed by atoms with Crippen molar-refractivity contribution in [3.05, 3.63) is 53.6 Å². The second kappa shape index (κ2) is 9.75. The van der Waals surface area contributed by atoms with Crippen LogP contribution >= 0.6 is 0 Å². The molecule has 184 valence electrons. The molecule has 2 aromatic carbocycles. The van der Waals surface area contributed by atoms with Crippen LogP contribution in [0.4, 0.5) is 5.69 Å². The molecule has 11 heteroatoms. The van der Waals surface area contributed by atoms with Gasteiger partial charge in [0, 0.05) is 69.6 Å². The molecule has 0 saturated carbocycles. The smallest absolute Gasteiger partial charge is 0.254 e. The Hall–Kier alpha value is -2.92. The van der Waals surface area contributed by atoms with Gasteiger partial charge in [-0.15, -0.1) is 0 Å². The maximum atomic E-state index is 13.2. The lowest BCUT2D eigenvalue weighted by atomic mass is 10.1. The van der Waals surface area contributed by atoms with Gasteiger partial charge < -0.3 is 14.7 Å². The number of nitrogens with zero attached hydrogens (tertiary/aromatic N) is 3. The Morgan fingerprint density at radius 2 is 1.15 bits per heavy atom. The second-order valence-electron chi connectivity index (χ2n) is 8.62. The average Bonchev–Trinajstić information content (AvgIpc) is 3.03. The number of sulfone groups is 2. The first-order chi connectivity index (χ1) is 15.8. The maximum Gasteiger partial charge on any atom is 0.254 e. The van der Waals surface area contributed by atoms with Gasteiger partial charge in [-0.1, -0.05) is 0 Å². The lowest BCUT2D eigenvalue weighted by Crippen LogP contribution is -2.37. The average molecular weight is 508 g/mol. The minimum absolute atomic E-state index is 0.0117. The number of anilines is 1. The second-order valence-corrected chi connectivity index (χ2v) is 12.6. The Bertz CT molecular complexity index is 1250. The van der Waals surface area contributed by atoms with E-state index in [9.17, 15) is 26.4 Å². The zero-order chi connectivity index (χ0) is 25.3. The van der Waals surface area contributed by atoms with E-state index in [1.165, 1.54) is 17.0 Å². The van der Waals surface area contributed by atoms with Crippen molar-refractivity contribution in [2.75, 3.05) is 57.7 Å². The molecule has 0 radical (unpaired) electrons. The number of hydrogen-bond donors (Lipinski definition) is 0. The van der Waals surface area contributed by atoms with Crippen LogP contribution in [0.2, 0.25) is 0 Å². The SMILES string of the molecule is CN(C)c1ccc(C(=O)N2CCCN(C(=O)c3cc(S(C)(=O)=O)cc(S(C)(=O)=O)c3)CC2)cc1. The monoisotopic (exact) mass is 507 g/mol. The van der Waals surface area contributed by atoms with Crippen LogP contribution in [0.1, 0.15) is 27.1 Å². The van der Waals surface area contributed by atoms with E-state index < -0.39 is 25.6 Å². The summed E-state index contributed by atoms with van der Waals surface area (Å²) in [5.74, 6) is -0.599. The zero-order valence-corrected chi connectivity index (χ0v) is 21.3. The van der Waals surface area contributed by atoms with E-state index in [4.69, 9.17) is 0 Å². The Labute approximate surface area is 200 Å². The highest BCUT2D eigenvalue weighted by Gasteiger charge is 2.26. The van der Waals surface area contributed by atoms with Crippen molar-refractivity contribution in [2.45, 2.75) is 16.2 Å². The highest BCUT2D eigenvalue weighted by atomic mass is 32.2. The molecule has 0 spiro atoms. The summed E-state index contributed by atoms with van der Waals surface area (Å²) in [5, 5.41) is 0. The summed E-state index contributed by atoms with van der Waals surface area (Å²) in [5.41, 5.74) is 1.53. The van der Waals surface area contributed by atoms with E-state index in [-0.39, 0.29) is 27.8 Å². The van der Waals surface area contributed by atoms with Gasteiger partial charge in [0.2, 0.25) is 0 Å². The number of benzene rings is 2. The van der Waals surface area contributed by atoms with Gasteiger partial charge in [0.1, 0.15) is 0 Å². The van der Waals surface area contributed by atoms with Gasteiger partial charge in [-0.2, -0.15) is 0 Å². The summed E-state index contributed by atoms with van der Waals surface area (Å²) in [6.45, 7) is 1.39. The van der Waals surface area contributed by atoms with Gasteiger partial charge in [0.15, 0.2) is 19.7 Å². The van der Waals surface area contributed by atoms with Gasteiger partial charge in [-0.05, 0) is 48.9 Å². The van der Waals surface area contributed by atoms with Crippen LogP contribution in [0.25, 0.3) is 0 Å². The maximum absolute atomic E-state index is 13.2. The molecule has 3 rings (SSSR count). The number of hydrogen-bond acceptors (Lipinski definition) is 7. The highest BCUT2D eigenvalue weighted by Crippen LogP contribution is 2.21. The molecule has 0 bridgehead atoms. The molecule has 1 fully saturated rings. The van der Waals surface area contributed by atoms with E-state index in [0.29, 0.717) is 31.6 Å². The molecule has 9 nitrogen and oxygen atoms in total. The van der Waals surface area contributed by atoms with Crippen molar-refractivity contribution in [1.29, 1.82) is 0 Å². The fourth-order valence-corrected chi connectivity index (χ4v) is 5.15. The third-order valence-electron chi connectivity index (χ3n) is 5.68. The normalized spacial score (nSPS) is 15.1. The first-order valence-electron chi connectivity index (χ1n) is 10.7. The minimum atomic E-state index is -3.73. The summed E-state index contributed by atoms with van der Waals surface area (Å²) < 4.78 is 48.3. The fourth-order valence-electron chi connectivity index (χ4n) is 3.71. The first-order valence-corrected chi connectivity index (χ1v) is 14.5. The molecule has 2 amide bonds. The van der Waals surface area contributed by atoms with Gasteiger partial charge in [0.05, 0.1) is 9.79 Å². The van der Waals surface area contributed by atoms with Crippen LogP contribution in [0.3, 0.4) is 0 Å². The van der Waals surface area contributed by atoms with E-state index in [1.807, 2.05) is 31.1 Å². The lowest BCUT2D eigenvalue weighted by molar-refractivity contribution is 0.0718.